The van der Waals surface area contributed by atoms with Crippen LogP contribution in [0, 0.1) is 0 Å². The van der Waals surface area contributed by atoms with Crippen molar-refractivity contribution in [2.75, 3.05) is 21.3 Å². The number of methoxy groups -OCH3 is 3. The molecule has 1 amide bonds. The maximum Gasteiger partial charge on any atom is 0.220 e. The van der Waals surface area contributed by atoms with Crippen molar-refractivity contribution in [2.24, 2.45) is 0 Å². The second-order valence-corrected chi connectivity index (χ2v) is 7.35. The van der Waals surface area contributed by atoms with Gasteiger partial charge >= 0.3 is 0 Å². The minimum Gasteiger partial charge on any atom is -0.493 e. The second-order valence-electron chi connectivity index (χ2n) is 6.24. The van der Waals surface area contributed by atoms with Crippen molar-refractivity contribution < 1.29 is 19.0 Å². The molecule has 2 aromatic carbocycles. The van der Waals surface area contributed by atoms with Crippen LogP contribution in [0.1, 0.15) is 23.4 Å². The number of hydrogen-bond acceptors (Lipinski definition) is 6. The average molecular weight is 401 g/mol. The van der Waals surface area contributed by atoms with E-state index < -0.39 is 0 Å². The molecule has 28 heavy (non-hydrogen) atoms. The molecule has 148 valence electrons. The molecule has 0 unspecified atom stereocenters. The SMILES string of the molecule is COc1cc(CNC(=O)CCCc2nc3ccccc3s2)cc(OC)c1OC. The van der Waals surface area contributed by atoms with Gasteiger partial charge in [-0.15, -0.1) is 11.3 Å². The molecular weight excluding hydrogens is 376 g/mol. The Hall–Kier alpha value is -2.80. The summed E-state index contributed by atoms with van der Waals surface area (Å²) in [5.74, 6) is 1.69. The van der Waals surface area contributed by atoms with Crippen molar-refractivity contribution in [3.63, 3.8) is 0 Å². The Morgan fingerprint density at radius 2 is 1.79 bits per heavy atom. The van der Waals surface area contributed by atoms with Gasteiger partial charge in [0, 0.05) is 13.0 Å². The van der Waals surface area contributed by atoms with Gasteiger partial charge in [-0.2, -0.15) is 0 Å². The number of rotatable bonds is 9. The van der Waals surface area contributed by atoms with Crippen LogP contribution in [0.15, 0.2) is 36.4 Å². The number of fused-ring (bicyclic) bond motifs is 1. The highest BCUT2D eigenvalue weighted by Crippen LogP contribution is 2.38. The predicted molar refractivity (Wildman–Crippen MR) is 111 cm³/mol. The number of amides is 1. The van der Waals surface area contributed by atoms with E-state index in [-0.39, 0.29) is 5.91 Å². The van der Waals surface area contributed by atoms with Crippen molar-refractivity contribution in [1.82, 2.24) is 10.3 Å². The number of aromatic nitrogens is 1. The van der Waals surface area contributed by atoms with Gasteiger partial charge in [-0.3, -0.25) is 4.79 Å². The third-order valence-corrected chi connectivity index (χ3v) is 5.44. The van der Waals surface area contributed by atoms with Gasteiger partial charge in [0.25, 0.3) is 0 Å². The minimum absolute atomic E-state index is 0.00913. The fourth-order valence-electron chi connectivity index (χ4n) is 2.95. The highest BCUT2D eigenvalue weighted by atomic mass is 32.1. The molecule has 0 spiro atoms. The van der Waals surface area contributed by atoms with Crippen molar-refractivity contribution in [3.8, 4) is 17.2 Å². The fraction of sp³-hybridized carbons (Fsp3) is 0.333. The third-order valence-electron chi connectivity index (χ3n) is 4.35. The summed E-state index contributed by atoms with van der Waals surface area (Å²) in [6.07, 6.45) is 2.03. The lowest BCUT2D eigenvalue weighted by atomic mass is 10.1. The Morgan fingerprint density at radius 3 is 2.43 bits per heavy atom. The van der Waals surface area contributed by atoms with Gasteiger partial charge in [-0.25, -0.2) is 4.98 Å². The molecule has 0 fully saturated rings. The molecule has 0 aliphatic heterocycles. The van der Waals surface area contributed by atoms with Gasteiger partial charge in [0.05, 0.1) is 36.6 Å². The molecule has 1 N–H and O–H groups in total. The first-order valence-electron chi connectivity index (χ1n) is 9.04. The number of hydrogen-bond donors (Lipinski definition) is 1. The number of benzene rings is 2. The largest absolute Gasteiger partial charge is 0.493 e. The smallest absolute Gasteiger partial charge is 0.220 e. The van der Waals surface area contributed by atoms with Crippen LogP contribution in [0.25, 0.3) is 10.2 Å². The van der Waals surface area contributed by atoms with Crippen LogP contribution >= 0.6 is 11.3 Å². The zero-order valence-electron chi connectivity index (χ0n) is 16.3. The molecule has 6 nitrogen and oxygen atoms in total. The fourth-order valence-corrected chi connectivity index (χ4v) is 3.96. The third kappa shape index (κ3) is 4.72. The summed E-state index contributed by atoms with van der Waals surface area (Å²) >= 11 is 1.69. The molecule has 0 saturated carbocycles. The van der Waals surface area contributed by atoms with Crippen LogP contribution in [-0.2, 0) is 17.8 Å². The first kappa shape index (κ1) is 19.9. The number of nitrogens with zero attached hydrogens (tertiary/aromatic N) is 1. The molecule has 0 aliphatic rings. The standard InChI is InChI=1S/C21H24N2O4S/c1-25-16-11-14(12-17(26-2)21(16)27-3)13-22-19(24)9-6-10-20-23-15-7-4-5-8-18(15)28-20/h4-5,7-8,11-12H,6,9-10,13H2,1-3H3,(H,22,24). The van der Waals surface area contributed by atoms with E-state index >= 15 is 0 Å². The highest BCUT2D eigenvalue weighted by molar-refractivity contribution is 7.18. The number of nitrogens with one attached hydrogen (secondary N) is 1. The summed E-state index contributed by atoms with van der Waals surface area (Å²) in [6.45, 7) is 0.399. The molecule has 3 rings (SSSR count). The Kier molecular flexibility index (Phi) is 6.71. The van der Waals surface area contributed by atoms with Crippen molar-refractivity contribution >= 4 is 27.5 Å². The van der Waals surface area contributed by atoms with Crippen molar-refractivity contribution in [2.45, 2.75) is 25.8 Å². The lowest BCUT2D eigenvalue weighted by Gasteiger charge is -2.14. The molecule has 0 bridgehead atoms. The molecule has 0 radical (unpaired) electrons. The number of thiazole rings is 1. The lowest BCUT2D eigenvalue weighted by Crippen LogP contribution is -2.22. The van der Waals surface area contributed by atoms with Crippen molar-refractivity contribution in [1.29, 1.82) is 0 Å². The molecule has 0 atom stereocenters. The summed E-state index contributed by atoms with van der Waals surface area (Å²) in [7, 11) is 4.71. The van der Waals surface area contributed by atoms with E-state index in [1.807, 2.05) is 30.3 Å². The van der Waals surface area contributed by atoms with Crippen LogP contribution < -0.4 is 19.5 Å². The summed E-state index contributed by atoms with van der Waals surface area (Å²) in [5, 5.41) is 4.01. The van der Waals surface area contributed by atoms with Crippen LogP contribution in [0.5, 0.6) is 17.2 Å². The number of para-hydroxylation sites is 1. The van der Waals surface area contributed by atoms with Gasteiger partial charge in [-0.05, 0) is 42.7 Å². The zero-order valence-corrected chi connectivity index (χ0v) is 17.1. The zero-order chi connectivity index (χ0) is 19.9. The van der Waals surface area contributed by atoms with E-state index in [1.54, 1.807) is 32.7 Å². The molecule has 1 aromatic heterocycles. The monoisotopic (exact) mass is 400 g/mol. The Balaban J connectivity index is 1.51. The first-order valence-corrected chi connectivity index (χ1v) is 9.86. The van der Waals surface area contributed by atoms with E-state index in [0.717, 1.165) is 28.9 Å². The molecule has 7 heteroatoms. The quantitative estimate of drug-likeness (QED) is 0.589. The minimum atomic E-state index is 0.00913. The molecule has 1 heterocycles. The van der Waals surface area contributed by atoms with Crippen LogP contribution in [0.2, 0.25) is 0 Å². The summed E-state index contributed by atoms with van der Waals surface area (Å²) in [6, 6.07) is 11.8. The normalized spacial score (nSPS) is 10.7. The van der Waals surface area contributed by atoms with E-state index in [4.69, 9.17) is 14.2 Å². The number of carbonyl (C=O) groups is 1. The molecular formula is C21H24N2O4S. The Labute approximate surface area is 168 Å². The molecule has 3 aromatic rings. The van der Waals surface area contributed by atoms with Gasteiger partial charge < -0.3 is 19.5 Å². The predicted octanol–water partition coefficient (Wildman–Crippen LogP) is 3.96. The van der Waals surface area contributed by atoms with Gasteiger partial charge in [-0.1, -0.05) is 12.1 Å². The van der Waals surface area contributed by atoms with Gasteiger partial charge in [0.1, 0.15) is 0 Å². The maximum absolute atomic E-state index is 12.2. The number of aryl methyl sites for hydroxylation is 1. The van der Waals surface area contributed by atoms with Gasteiger partial charge in [0.2, 0.25) is 11.7 Å². The van der Waals surface area contributed by atoms with Crippen LogP contribution in [0.4, 0.5) is 0 Å². The van der Waals surface area contributed by atoms with Crippen LogP contribution in [-0.4, -0.2) is 32.2 Å². The average Bonchev–Trinajstić information content (AvgIpc) is 3.14. The van der Waals surface area contributed by atoms with Gasteiger partial charge in [0.15, 0.2) is 11.5 Å². The maximum atomic E-state index is 12.2. The Morgan fingerprint density at radius 1 is 1.07 bits per heavy atom. The van der Waals surface area contributed by atoms with E-state index in [2.05, 4.69) is 16.4 Å². The second kappa shape index (κ2) is 9.41. The number of carbonyl (C=O) groups excluding carboxylic acids is 1. The molecule has 0 saturated heterocycles. The van der Waals surface area contributed by atoms with Crippen LogP contribution in [0.3, 0.4) is 0 Å². The summed E-state index contributed by atoms with van der Waals surface area (Å²) < 4.78 is 17.2. The number of ether oxygens (including phenoxy) is 3. The van der Waals surface area contributed by atoms with E-state index in [9.17, 15) is 4.79 Å². The van der Waals surface area contributed by atoms with E-state index in [1.165, 1.54) is 4.70 Å². The summed E-state index contributed by atoms with van der Waals surface area (Å²) in [4.78, 5) is 16.8. The summed E-state index contributed by atoms with van der Waals surface area (Å²) in [5.41, 5.74) is 1.91. The highest BCUT2D eigenvalue weighted by Gasteiger charge is 2.13. The lowest BCUT2D eigenvalue weighted by molar-refractivity contribution is -0.121. The van der Waals surface area contributed by atoms with Crippen molar-refractivity contribution in [3.05, 3.63) is 47.0 Å². The first-order chi connectivity index (χ1) is 13.6. The molecule has 0 aliphatic carbocycles. The van der Waals surface area contributed by atoms with E-state index in [0.29, 0.717) is 30.2 Å². The topological polar surface area (TPSA) is 69.7 Å². The Bertz CT molecular complexity index is 896.